The van der Waals surface area contributed by atoms with Gasteiger partial charge in [-0.15, -0.1) is 6.58 Å². The second kappa shape index (κ2) is 8.00. The topological polar surface area (TPSA) is 52.6 Å². The number of halogens is 1. The average Bonchev–Trinajstić information content (AvgIpc) is 3.07. The molecule has 1 fully saturated rings. The summed E-state index contributed by atoms with van der Waals surface area (Å²) in [5.74, 6) is -0.902. The van der Waals surface area contributed by atoms with Crippen molar-refractivity contribution < 1.29 is 23.5 Å². The predicted octanol–water partition coefficient (Wildman–Crippen LogP) is 4.35. The Kier molecular flexibility index (Phi) is 5.84. The number of carbonyl (C=O) groups is 2. The smallest absolute Gasteiger partial charge is 0.338 e. The van der Waals surface area contributed by atoms with Crippen molar-refractivity contribution >= 4 is 11.8 Å². The molecule has 0 unspecified atom stereocenters. The summed E-state index contributed by atoms with van der Waals surface area (Å²) >= 11 is 0. The highest BCUT2D eigenvalue weighted by molar-refractivity contribution is 5.94. The van der Waals surface area contributed by atoms with Gasteiger partial charge in [0.15, 0.2) is 5.78 Å². The summed E-state index contributed by atoms with van der Waals surface area (Å²) in [5.41, 5.74) is 1.82. The number of aryl methyl sites for hydroxylation is 1. The van der Waals surface area contributed by atoms with Crippen LogP contribution in [0.3, 0.4) is 0 Å². The number of ketones is 1. The molecule has 0 aromatic heterocycles. The molecule has 3 atom stereocenters. The lowest BCUT2D eigenvalue weighted by molar-refractivity contribution is -0.123. The molecule has 0 radical (unpaired) electrons. The van der Waals surface area contributed by atoms with Crippen LogP contribution in [0, 0.1) is 24.6 Å². The van der Waals surface area contributed by atoms with Gasteiger partial charge in [-0.05, 0) is 73.4 Å². The molecule has 4 nitrogen and oxygen atoms in total. The lowest BCUT2D eigenvalue weighted by Crippen LogP contribution is -2.44. The monoisotopic (exact) mass is 386 g/mol. The van der Waals surface area contributed by atoms with E-state index in [0.29, 0.717) is 42.6 Å². The van der Waals surface area contributed by atoms with Gasteiger partial charge in [-0.1, -0.05) is 13.0 Å². The third-order valence-corrected chi connectivity index (χ3v) is 6.12. The SMILES string of the molecule is C=CC[C@H]1C[C@]2([C@@H](C)Cc3cc(C(=O)OC)c(C)cc3F)OCCC2=CC1=O. The quantitative estimate of drug-likeness (QED) is 0.539. The minimum absolute atomic E-state index is 0.0515. The van der Waals surface area contributed by atoms with Gasteiger partial charge in [-0.25, -0.2) is 9.18 Å². The minimum Gasteiger partial charge on any atom is -0.465 e. The molecule has 0 bridgehead atoms. The molecule has 1 aliphatic carbocycles. The van der Waals surface area contributed by atoms with Crippen LogP contribution in [0.1, 0.15) is 47.7 Å². The van der Waals surface area contributed by atoms with E-state index in [1.54, 1.807) is 25.1 Å². The first-order valence-corrected chi connectivity index (χ1v) is 9.69. The number of hydrogen-bond acceptors (Lipinski definition) is 4. The van der Waals surface area contributed by atoms with E-state index in [1.165, 1.54) is 13.2 Å². The Morgan fingerprint density at radius 3 is 2.93 bits per heavy atom. The molecule has 0 N–H and O–H groups in total. The van der Waals surface area contributed by atoms with E-state index in [9.17, 15) is 14.0 Å². The largest absolute Gasteiger partial charge is 0.465 e. The molecule has 3 rings (SSSR count). The molecular weight excluding hydrogens is 359 g/mol. The molecule has 28 heavy (non-hydrogen) atoms. The number of fused-ring (bicyclic) bond motifs is 1. The molecule has 5 heteroatoms. The summed E-state index contributed by atoms with van der Waals surface area (Å²) in [6.45, 7) is 8.03. The van der Waals surface area contributed by atoms with E-state index in [2.05, 4.69) is 6.58 Å². The van der Waals surface area contributed by atoms with Gasteiger partial charge in [0.2, 0.25) is 0 Å². The van der Waals surface area contributed by atoms with Crippen LogP contribution >= 0.6 is 0 Å². The molecule has 1 heterocycles. The van der Waals surface area contributed by atoms with Crippen LogP contribution in [0.4, 0.5) is 4.39 Å². The number of allylic oxidation sites excluding steroid dienone is 2. The van der Waals surface area contributed by atoms with Crippen molar-refractivity contribution in [2.45, 2.75) is 45.1 Å². The van der Waals surface area contributed by atoms with Gasteiger partial charge in [-0.3, -0.25) is 4.79 Å². The lowest BCUT2D eigenvalue weighted by Gasteiger charge is -2.41. The zero-order valence-corrected chi connectivity index (χ0v) is 16.7. The summed E-state index contributed by atoms with van der Waals surface area (Å²) in [4.78, 5) is 24.4. The van der Waals surface area contributed by atoms with Gasteiger partial charge >= 0.3 is 5.97 Å². The van der Waals surface area contributed by atoms with E-state index < -0.39 is 11.6 Å². The highest BCUT2D eigenvalue weighted by Crippen LogP contribution is 2.47. The molecule has 1 saturated heterocycles. The summed E-state index contributed by atoms with van der Waals surface area (Å²) in [7, 11) is 1.31. The number of ether oxygens (including phenoxy) is 2. The van der Waals surface area contributed by atoms with Gasteiger partial charge < -0.3 is 9.47 Å². The number of hydrogen-bond donors (Lipinski definition) is 0. The fourth-order valence-electron chi connectivity index (χ4n) is 4.55. The van der Waals surface area contributed by atoms with Gasteiger partial charge in [0.25, 0.3) is 0 Å². The van der Waals surface area contributed by atoms with Crippen molar-refractivity contribution in [1.82, 2.24) is 0 Å². The molecular formula is C23H27FO4. The number of esters is 1. The van der Waals surface area contributed by atoms with E-state index in [1.807, 2.05) is 6.92 Å². The maximum Gasteiger partial charge on any atom is 0.338 e. The molecule has 0 saturated carbocycles. The fourth-order valence-corrected chi connectivity index (χ4v) is 4.55. The Morgan fingerprint density at radius 2 is 2.25 bits per heavy atom. The molecule has 1 aromatic rings. The van der Waals surface area contributed by atoms with Gasteiger partial charge in [0.1, 0.15) is 5.82 Å². The van der Waals surface area contributed by atoms with Crippen LogP contribution in [0.15, 0.2) is 36.4 Å². The summed E-state index contributed by atoms with van der Waals surface area (Å²) in [6, 6.07) is 2.96. The predicted molar refractivity (Wildman–Crippen MR) is 105 cm³/mol. The Bertz CT molecular complexity index is 841. The van der Waals surface area contributed by atoms with E-state index in [0.717, 1.165) is 12.0 Å². The molecule has 2 aliphatic rings. The Hall–Kier alpha value is -2.27. The Balaban J connectivity index is 1.93. The van der Waals surface area contributed by atoms with Crippen LogP contribution in [0.25, 0.3) is 0 Å². The van der Waals surface area contributed by atoms with E-state index in [-0.39, 0.29) is 23.4 Å². The molecule has 1 aliphatic heterocycles. The number of rotatable bonds is 6. The lowest BCUT2D eigenvalue weighted by atomic mass is 9.68. The molecule has 1 aromatic carbocycles. The van der Waals surface area contributed by atoms with Gasteiger partial charge in [0.05, 0.1) is 24.9 Å². The summed E-state index contributed by atoms with van der Waals surface area (Å²) in [6.07, 6.45) is 5.81. The number of benzene rings is 1. The first kappa shape index (κ1) is 20.5. The molecule has 0 amide bonds. The number of carbonyl (C=O) groups excluding carboxylic acids is 2. The van der Waals surface area contributed by atoms with E-state index >= 15 is 0 Å². The van der Waals surface area contributed by atoms with Crippen LogP contribution in [0.2, 0.25) is 0 Å². The van der Waals surface area contributed by atoms with Crippen molar-refractivity contribution in [1.29, 1.82) is 0 Å². The highest BCUT2D eigenvalue weighted by Gasteiger charge is 2.49. The summed E-state index contributed by atoms with van der Waals surface area (Å²) in [5, 5.41) is 0. The maximum atomic E-state index is 14.7. The third kappa shape index (κ3) is 3.55. The second-order valence-electron chi connectivity index (χ2n) is 7.84. The standard InChI is InChI=1S/C23H27FO4/c1-5-6-16-13-23(18(7-8-28-23)12-21(16)25)15(3)10-17-11-19(22(26)27-4)14(2)9-20(17)24/h5,9,11-12,15-16H,1,6-8,10,13H2,2-4H3/t15-,16-,23+/m0/s1. The van der Waals surface area contributed by atoms with Crippen molar-refractivity contribution in [2.24, 2.45) is 11.8 Å². The fraction of sp³-hybridized carbons (Fsp3) is 0.478. The Morgan fingerprint density at radius 1 is 1.50 bits per heavy atom. The highest BCUT2D eigenvalue weighted by atomic mass is 19.1. The Labute approximate surface area is 165 Å². The van der Waals surface area contributed by atoms with Crippen LogP contribution < -0.4 is 0 Å². The molecule has 0 spiro atoms. The van der Waals surface area contributed by atoms with Crippen molar-refractivity contribution in [3.05, 3.63) is 58.9 Å². The van der Waals surface area contributed by atoms with E-state index in [4.69, 9.17) is 9.47 Å². The van der Waals surface area contributed by atoms with Crippen molar-refractivity contribution in [3.63, 3.8) is 0 Å². The normalized spacial score (nSPS) is 25.1. The van der Waals surface area contributed by atoms with Gasteiger partial charge in [0, 0.05) is 5.92 Å². The molecule has 150 valence electrons. The first-order chi connectivity index (χ1) is 13.3. The second-order valence-corrected chi connectivity index (χ2v) is 7.84. The maximum absolute atomic E-state index is 14.7. The first-order valence-electron chi connectivity index (χ1n) is 9.69. The van der Waals surface area contributed by atoms with Crippen molar-refractivity contribution in [2.75, 3.05) is 13.7 Å². The van der Waals surface area contributed by atoms with Crippen LogP contribution in [0.5, 0.6) is 0 Å². The number of methoxy groups -OCH3 is 1. The average molecular weight is 386 g/mol. The van der Waals surface area contributed by atoms with Crippen molar-refractivity contribution in [3.8, 4) is 0 Å². The minimum atomic E-state index is -0.565. The van der Waals surface area contributed by atoms with Crippen LogP contribution in [-0.4, -0.2) is 31.1 Å². The third-order valence-electron chi connectivity index (χ3n) is 6.12. The van der Waals surface area contributed by atoms with Crippen LogP contribution in [-0.2, 0) is 20.7 Å². The zero-order chi connectivity index (χ0) is 20.5. The van der Waals surface area contributed by atoms with Gasteiger partial charge in [-0.2, -0.15) is 0 Å². The summed E-state index contributed by atoms with van der Waals surface area (Å²) < 4.78 is 25.7. The zero-order valence-electron chi connectivity index (χ0n) is 16.7.